The van der Waals surface area contributed by atoms with Gasteiger partial charge in [-0.25, -0.2) is 4.79 Å². The molecule has 0 unspecified atom stereocenters. The Balaban J connectivity index is 2.63. The first-order valence-corrected chi connectivity index (χ1v) is 12.5. The topological polar surface area (TPSA) is 161 Å². The molecule has 3 atom stereocenters. The molecule has 0 bridgehead atoms. The van der Waals surface area contributed by atoms with E-state index in [0.29, 0.717) is 25.9 Å². The molecule has 38 heavy (non-hydrogen) atoms. The third-order valence-corrected chi connectivity index (χ3v) is 5.20. The number of methoxy groups -OCH3 is 1. The molecule has 0 heterocycles. The van der Waals surface area contributed by atoms with Crippen LogP contribution in [-0.4, -0.2) is 88.3 Å². The second-order valence-electron chi connectivity index (χ2n) is 9.02. The number of hydrogen-bond acceptors (Lipinski definition) is 8. The van der Waals surface area contributed by atoms with Gasteiger partial charge in [0.15, 0.2) is 0 Å². The van der Waals surface area contributed by atoms with Crippen LogP contribution in [0.1, 0.15) is 32.8 Å². The fraction of sp³-hybridized carbons (Fsp3) is 0.577. The monoisotopic (exact) mass is 536 g/mol. The van der Waals surface area contributed by atoms with E-state index in [2.05, 4.69) is 21.3 Å². The van der Waals surface area contributed by atoms with E-state index >= 15 is 0 Å². The summed E-state index contributed by atoms with van der Waals surface area (Å²) in [5.41, 5.74) is 0.788. The average molecular weight is 537 g/mol. The first kappa shape index (κ1) is 32.5. The zero-order valence-electron chi connectivity index (χ0n) is 22.5. The standard InChI is InChI=1S/C26H40N4O8/c1-18(2)14-21(17-31)29-23(32)16-27-24(33)19(3)28-25(34)22(15-20-8-6-5-7-9-20)30-26(35)38-13-12-37-11-10-36-4/h5-9,17-19,21-22H,10-16H2,1-4H3,(H,27,33)(H,28,34)(H,29,32)(H,30,35)/t19-,21-,22-/m0/s1. The summed E-state index contributed by atoms with van der Waals surface area (Å²) in [6, 6.07) is 6.37. The average Bonchev–Trinajstić information content (AvgIpc) is 2.88. The highest BCUT2D eigenvalue weighted by Crippen LogP contribution is 2.05. The van der Waals surface area contributed by atoms with Crippen molar-refractivity contribution < 1.29 is 38.2 Å². The van der Waals surface area contributed by atoms with Gasteiger partial charge in [0.05, 0.1) is 32.4 Å². The van der Waals surface area contributed by atoms with Crippen LogP contribution < -0.4 is 21.3 Å². The van der Waals surface area contributed by atoms with E-state index in [4.69, 9.17) is 14.2 Å². The summed E-state index contributed by atoms with van der Waals surface area (Å²) in [5.74, 6) is -1.52. The van der Waals surface area contributed by atoms with Crippen molar-refractivity contribution >= 4 is 30.1 Å². The van der Waals surface area contributed by atoms with Crippen molar-refractivity contribution in [3.05, 3.63) is 35.9 Å². The smallest absolute Gasteiger partial charge is 0.407 e. The Morgan fingerprint density at radius 2 is 1.58 bits per heavy atom. The predicted octanol–water partition coefficient (Wildman–Crippen LogP) is 0.338. The Morgan fingerprint density at radius 1 is 0.895 bits per heavy atom. The number of carbonyl (C=O) groups is 5. The Hall–Kier alpha value is -3.51. The van der Waals surface area contributed by atoms with Crippen LogP contribution in [0.15, 0.2) is 30.3 Å². The minimum Gasteiger partial charge on any atom is -0.447 e. The van der Waals surface area contributed by atoms with Crippen LogP contribution in [0.4, 0.5) is 4.79 Å². The summed E-state index contributed by atoms with van der Waals surface area (Å²) in [4.78, 5) is 60.9. The van der Waals surface area contributed by atoms with Crippen molar-refractivity contribution in [3.63, 3.8) is 0 Å². The number of carbonyl (C=O) groups excluding carboxylic acids is 5. The molecule has 1 aromatic carbocycles. The van der Waals surface area contributed by atoms with E-state index in [1.807, 2.05) is 19.9 Å². The molecule has 4 amide bonds. The number of rotatable bonds is 18. The second kappa shape index (κ2) is 18.7. The van der Waals surface area contributed by atoms with Gasteiger partial charge in [0, 0.05) is 13.5 Å². The minimum absolute atomic E-state index is 0.0156. The molecule has 0 saturated carbocycles. The molecular weight excluding hydrogens is 496 g/mol. The van der Waals surface area contributed by atoms with Crippen molar-refractivity contribution in [1.29, 1.82) is 0 Å². The van der Waals surface area contributed by atoms with Crippen LogP contribution in [0.25, 0.3) is 0 Å². The van der Waals surface area contributed by atoms with Crippen LogP contribution in [-0.2, 0) is 39.8 Å². The van der Waals surface area contributed by atoms with Crippen molar-refractivity contribution in [2.45, 2.75) is 51.7 Å². The molecule has 12 nitrogen and oxygen atoms in total. The van der Waals surface area contributed by atoms with Crippen LogP contribution >= 0.6 is 0 Å². The van der Waals surface area contributed by atoms with Gasteiger partial charge >= 0.3 is 6.09 Å². The number of aldehydes is 1. The molecule has 0 aliphatic carbocycles. The molecule has 212 valence electrons. The lowest BCUT2D eigenvalue weighted by Gasteiger charge is -2.21. The molecule has 0 aromatic heterocycles. The van der Waals surface area contributed by atoms with Crippen LogP contribution in [0.3, 0.4) is 0 Å². The maximum absolute atomic E-state index is 13.0. The highest BCUT2D eigenvalue weighted by atomic mass is 16.6. The molecule has 0 radical (unpaired) electrons. The zero-order chi connectivity index (χ0) is 28.3. The van der Waals surface area contributed by atoms with E-state index in [1.165, 1.54) is 6.92 Å². The molecule has 0 spiro atoms. The highest BCUT2D eigenvalue weighted by Gasteiger charge is 2.25. The number of nitrogens with one attached hydrogen (secondary N) is 4. The van der Waals surface area contributed by atoms with Crippen molar-refractivity contribution in [2.75, 3.05) is 40.1 Å². The van der Waals surface area contributed by atoms with Gasteiger partial charge in [-0.3, -0.25) is 14.4 Å². The SMILES string of the molecule is COCCOCCOC(=O)N[C@@H](Cc1ccccc1)C(=O)N[C@@H](C)C(=O)NCC(=O)N[C@H](C=O)CC(C)C. The quantitative estimate of drug-likeness (QED) is 0.154. The molecule has 0 saturated heterocycles. The largest absolute Gasteiger partial charge is 0.447 e. The first-order valence-electron chi connectivity index (χ1n) is 12.5. The molecule has 1 rings (SSSR count). The number of ether oxygens (including phenoxy) is 3. The lowest BCUT2D eigenvalue weighted by molar-refractivity contribution is -0.131. The van der Waals surface area contributed by atoms with E-state index in [-0.39, 0.29) is 32.1 Å². The Labute approximate surface area is 223 Å². The Morgan fingerprint density at radius 3 is 2.21 bits per heavy atom. The summed E-state index contributed by atoms with van der Waals surface area (Å²) in [5, 5.41) is 10.1. The zero-order valence-corrected chi connectivity index (χ0v) is 22.5. The third-order valence-electron chi connectivity index (χ3n) is 5.20. The lowest BCUT2D eigenvalue weighted by Crippen LogP contribution is -2.54. The molecule has 1 aromatic rings. The number of hydrogen-bond donors (Lipinski definition) is 4. The molecular formula is C26H40N4O8. The fourth-order valence-corrected chi connectivity index (χ4v) is 3.29. The van der Waals surface area contributed by atoms with Crippen LogP contribution in [0.2, 0.25) is 0 Å². The van der Waals surface area contributed by atoms with Gasteiger partial charge in [0.2, 0.25) is 17.7 Å². The fourth-order valence-electron chi connectivity index (χ4n) is 3.29. The minimum atomic E-state index is -1.03. The van der Waals surface area contributed by atoms with Gasteiger partial charge in [-0.2, -0.15) is 0 Å². The van der Waals surface area contributed by atoms with Gasteiger partial charge in [-0.05, 0) is 24.8 Å². The van der Waals surface area contributed by atoms with Crippen molar-refractivity contribution in [2.24, 2.45) is 5.92 Å². The number of benzene rings is 1. The normalized spacial score (nSPS) is 13.1. The van der Waals surface area contributed by atoms with Gasteiger partial charge in [-0.1, -0.05) is 44.2 Å². The van der Waals surface area contributed by atoms with E-state index in [0.717, 1.165) is 5.56 Å². The van der Waals surface area contributed by atoms with Crippen molar-refractivity contribution in [3.8, 4) is 0 Å². The summed E-state index contributed by atoms with van der Waals surface area (Å²) >= 11 is 0. The molecule has 4 N–H and O–H groups in total. The second-order valence-corrected chi connectivity index (χ2v) is 9.02. The maximum atomic E-state index is 13.0. The van der Waals surface area contributed by atoms with Gasteiger partial charge in [0.1, 0.15) is 25.0 Å². The van der Waals surface area contributed by atoms with Crippen molar-refractivity contribution in [1.82, 2.24) is 21.3 Å². The summed E-state index contributed by atoms with van der Waals surface area (Å²) in [6.45, 7) is 5.87. The predicted molar refractivity (Wildman–Crippen MR) is 139 cm³/mol. The number of amides is 4. The molecule has 12 heteroatoms. The van der Waals surface area contributed by atoms with Crippen LogP contribution in [0.5, 0.6) is 0 Å². The first-order chi connectivity index (χ1) is 18.2. The molecule has 0 aliphatic rings. The third kappa shape index (κ3) is 14.3. The summed E-state index contributed by atoms with van der Waals surface area (Å²) in [7, 11) is 1.55. The maximum Gasteiger partial charge on any atom is 0.407 e. The molecule has 0 fully saturated rings. The van der Waals surface area contributed by atoms with E-state index < -0.39 is 41.9 Å². The van der Waals surface area contributed by atoms with E-state index in [9.17, 15) is 24.0 Å². The van der Waals surface area contributed by atoms with Gasteiger partial charge < -0.3 is 40.3 Å². The van der Waals surface area contributed by atoms with Crippen LogP contribution in [0, 0.1) is 5.92 Å². The molecule has 0 aliphatic heterocycles. The van der Waals surface area contributed by atoms with Gasteiger partial charge in [-0.15, -0.1) is 0 Å². The summed E-state index contributed by atoms with van der Waals surface area (Å²) in [6.07, 6.45) is 0.485. The number of alkyl carbamates (subject to hydrolysis) is 1. The van der Waals surface area contributed by atoms with E-state index in [1.54, 1.807) is 31.4 Å². The lowest BCUT2D eigenvalue weighted by atomic mass is 10.0. The highest BCUT2D eigenvalue weighted by molar-refractivity contribution is 5.93. The Kier molecular flexibility index (Phi) is 16.0. The Bertz CT molecular complexity index is 881. The van der Waals surface area contributed by atoms with Gasteiger partial charge in [0.25, 0.3) is 0 Å². The summed E-state index contributed by atoms with van der Waals surface area (Å²) < 4.78 is 15.2.